The fourth-order valence-electron chi connectivity index (χ4n) is 2.82. The molecule has 3 heterocycles. The van der Waals surface area contributed by atoms with E-state index in [-0.39, 0.29) is 17.2 Å². The molecule has 2 saturated heterocycles. The van der Waals surface area contributed by atoms with E-state index in [0.717, 1.165) is 18.9 Å². The van der Waals surface area contributed by atoms with E-state index in [9.17, 15) is 18.0 Å². The average Bonchev–Trinajstić information content (AvgIpc) is 2.89. The number of hydrogen-bond acceptors (Lipinski definition) is 5. The van der Waals surface area contributed by atoms with Crippen molar-refractivity contribution >= 4 is 17.7 Å². The summed E-state index contributed by atoms with van der Waals surface area (Å²) in [5.74, 6) is 0.0311. The van der Waals surface area contributed by atoms with Gasteiger partial charge in [-0.05, 0) is 31.4 Å². The molecule has 0 aliphatic carbocycles. The lowest BCUT2D eigenvalue weighted by molar-refractivity contribution is -0.141. The largest absolute Gasteiger partial charge is 0.435 e. The van der Waals surface area contributed by atoms with E-state index in [1.54, 1.807) is 0 Å². The molecule has 1 aromatic heterocycles. The maximum absolute atomic E-state index is 12.5. The quantitative estimate of drug-likeness (QED) is 0.840. The van der Waals surface area contributed by atoms with Gasteiger partial charge in [0.2, 0.25) is 5.91 Å². The normalized spacial score (nSPS) is 23.5. The van der Waals surface area contributed by atoms with Gasteiger partial charge in [-0.15, -0.1) is 10.2 Å². The predicted octanol–water partition coefficient (Wildman–Crippen LogP) is 2.37. The Morgan fingerprint density at radius 2 is 1.91 bits per heavy atom. The van der Waals surface area contributed by atoms with E-state index in [1.807, 2.05) is 4.90 Å². The number of halogens is 3. The molecule has 3 rings (SSSR count). The molecule has 0 radical (unpaired) electrons. The van der Waals surface area contributed by atoms with Gasteiger partial charge in [-0.3, -0.25) is 4.79 Å². The van der Waals surface area contributed by atoms with Crippen molar-refractivity contribution < 1.29 is 22.7 Å². The minimum Gasteiger partial charge on any atom is -0.381 e. The van der Waals surface area contributed by atoms with E-state index in [0.29, 0.717) is 31.2 Å². The highest BCUT2D eigenvalue weighted by Gasteiger charge is 2.37. The first-order chi connectivity index (χ1) is 10.9. The molecule has 0 N–H and O–H groups in total. The van der Waals surface area contributed by atoms with Crippen LogP contribution in [0.4, 0.5) is 13.2 Å². The van der Waals surface area contributed by atoms with E-state index in [4.69, 9.17) is 4.74 Å². The molecule has 23 heavy (non-hydrogen) atoms. The first-order valence-corrected chi connectivity index (χ1v) is 8.29. The van der Waals surface area contributed by atoms with E-state index >= 15 is 0 Å². The Morgan fingerprint density at radius 3 is 2.52 bits per heavy atom. The summed E-state index contributed by atoms with van der Waals surface area (Å²) in [5, 5.41) is 6.81. The Bertz CT molecular complexity index is 561. The van der Waals surface area contributed by atoms with Crippen LogP contribution in [-0.4, -0.2) is 52.1 Å². The van der Waals surface area contributed by atoms with Crippen LogP contribution in [0.3, 0.4) is 0 Å². The third-order valence-corrected chi connectivity index (χ3v) is 5.20. The highest BCUT2D eigenvalue weighted by molar-refractivity contribution is 8.00. The zero-order valence-electron chi connectivity index (χ0n) is 12.3. The van der Waals surface area contributed by atoms with Gasteiger partial charge in [0.25, 0.3) is 0 Å². The van der Waals surface area contributed by atoms with Crippen molar-refractivity contribution in [1.29, 1.82) is 0 Å². The number of aromatic nitrogens is 2. The van der Waals surface area contributed by atoms with Crippen LogP contribution in [0, 0.1) is 0 Å². The van der Waals surface area contributed by atoms with Crippen molar-refractivity contribution in [1.82, 2.24) is 15.1 Å². The number of likely N-dealkylation sites (tertiary alicyclic amines) is 1. The van der Waals surface area contributed by atoms with Crippen LogP contribution in [0.5, 0.6) is 0 Å². The molecule has 1 amide bonds. The number of rotatable bonds is 3. The molecule has 2 aliphatic heterocycles. The fourth-order valence-corrected chi connectivity index (χ4v) is 3.81. The lowest BCUT2D eigenvalue weighted by Crippen LogP contribution is -2.41. The summed E-state index contributed by atoms with van der Waals surface area (Å²) < 4.78 is 42.7. The molecule has 2 fully saturated rings. The van der Waals surface area contributed by atoms with E-state index < -0.39 is 11.9 Å². The average molecular weight is 347 g/mol. The molecule has 1 atom stereocenters. The van der Waals surface area contributed by atoms with E-state index in [2.05, 4.69) is 10.2 Å². The zero-order valence-corrected chi connectivity index (χ0v) is 13.1. The highest BCUT2D eigenvalue weighted by Crippen LogP contribution is 2.33. The van der Waals surface area contributed by atoms with Crippen LogP contribution >= 0.6 is 11.8 Å². The van der Waals surface area contributed by atoms with Gasteiger partial charge in [-0.2, -0.15) is 13.2 Å². The lowest BCUT2D eigenvalue weighted by Gasteiger charge is -2.31. The zero-order chi connectivity index (χ0) is 16.4. The van der Waals surface area contributed by atoms with Gasteiger partial charge >= 0.3 is 6.18 Å². The number of carbonyl (C=O) groups excluding carboxylic acids is 1. The summed E-state index contributed by atoms with van der Waals surface area (Å²) in [6.07, 6.45) is -2.16. The molecule has 0 saturated carbocycles. The van der Waals surface area contributed by atoms with Crippen LogP contribution in [-0.2, 0) is 15.7 Å². The number of hydrogen-bond donors (Lipinski definition) is 0. The Morgan fingerprint density at radius 1 is 1.17 bits per heavy atom. The van der Waals surface area contributed by atoms with Crippen LogP contribution < -0.4 is 0 Å². The smallest absolute Gasteiger partial charge is 0.381 e. The first kappa shape index (κ1) is 16.5. The maximum Gasteiger partial charge on any atom is 0.435 e. The summed E-state index contributed by atoms with van der Waals surface area (Å²) in [6.45, 7) is 2.00. The molecular formula is C14H16F3N3O2S. The molecule has 0 aromatic carbocycles. The number of thioether (sulfide) groups is 1. The number of ether oxygens (including phenoxy) is 1. The lowest BCUT2D eigenvalue weighted by atomic mass is 10.1. The van der Waals surface area contributed by atoms with Gasteiger partial charge in [0.1, 0.15) is 5.03 Å². The molecular weight excluding hydrogens is 331 g/mol. The number of alkyl halides is 3. The molecule has 126 valence electrons. The van der Waals surface area contributed by atoms with Crippen LogP contribution in [0.1, 0.15) is 25.0 Å². The Labute approximate surface area is 135 Å². The van der Waals surface area contributed by atoms with Gasteiger partial charge < -0.3 is 9.64 Å². The van der Waals surface area contributed by atoms with Gasteiger partial charge in [0.05, 0.1) is 5.25 Å². The Kier molecular flexibility index (Phi) is 4.77. The SMILES string of the molecule is O=C1C(Sc2ccc(C(F)(F)F)nn2)CCN1C1CCOCC1. The van der Waals surface area contributed by atoms with E-state index in [1.165, 1.54) is 17.8 Å². The first-order valence-electron chi connectivity index (χ1n) is 7.41. The topological polar surface area (TPSA) is 55.3 Å². The summed E-state index contributed by atoms with van der Waals surface area (Å²) >= 11 is 1.18. The standard InChI is InChI=1S/C14H16F3N3O2S/c15-14(16,17)11-1-2-12(19-18-11)23-10-3-6-20(13(10)21)9-4-7-22-8-5-9/h1-2,9-10H,3-8H2. The molecule has 2 aliphatic rings. The summed E-state index contributed by atoms with van der Waals surface area (Å²) in [5.41, 5.74) is -1.02. The Hall–Kier alpha value is -1.35. The Balaban J connectivity index is 1.61. The second-order valence-electron chi connectivity index (χ2n) is 5.52. The molecule has 9 heteroatoms. The molecule has 1 aromatic rings. The van der Waals surface area contributed by atoms with Crippen molar-refractivity contribution in [3.05, 3.63) is 17.8 Å². The highest BCUT2D eigenvalue weighted by atomic mass is 32.2. The van der Waals surface area contributed by atoms with Crippen LogP contribution in [0.15, 0.2) is 17.2 Å². The van der Waals surface area contributed by atoms with Gasteiger partial charge in [-0.25, -0.2) is 0 Å². The van der Waals surface area contributed by atoms with Crippen molar-refractivity contribution in [2.45, 2.75) is 41.8 Å². The van der Waals surface area contributed by atoms with Crippen molar-refractivity contribution in [3.63, 3.8) is 0 Å². The van der Waals surface area contributed by atoms with Crippen molar-refractivity contribution in [2.75, 3.05) is 19.8 Å². The maximum atomic E-state index is 12.5. The van der Waals surface area contributed by atoms with Gasteiger partial charge in [-0.1, -0.05) is 11.8 Å². The molecule has 0 spiro atoms. The van der Waals surface area contributed by atoms with Crippen LogP contribution in [0.2, 0.25) is 0 Å². The summed E-state index contributed by atoms with van der Waals surface area (Å²) in [6, 6.07) is 2.37. The predicted molar refractivity (Wildman–Crippen MR) is 76.9 cm³/mol. The molecule has 5 nitrogen and oxygen atoms in total. The minimum atomic E-state index is -4.50. The van der Waals surface area contributed by atoms with Crippen molar-refractivity contribution in [3.8, 4) is 0 Å². The summed E-state index contributed by atoms with van der Waals surface area (Å²) in [4.78, 5) is 14.3. The monoisotopic (exact) mass is 347 g/mol. The third kappa shape index (κ3) is 3.77. The minimum absolute atomic E-state index is 0.0311. The molecule has 1 unspecified atom stereocenters. The second-order valence-corrected chi connectivity index (χ2v) is 6.75. The van der Waals surface area contributed by atoms with Gasteiger partial charge in [0.15, 0.2) is 5.69 Å². The number of carbonyl (C=O) groups is 1. The third-order valence-electron chi connectivity index (χ3n) is 4.02. The fraction of sp³-hybridized carbons (Fsp3) is 0.643. The van der Waals surface area contributed by atoms with Gasteiger partial charge in [0, 0.05) is 25.8 Å². The summed E-state index contributed by atoms with van der Waals surface area (Å²) in [7, 11) is 0. The number of nitrogens with zero attached hydrogens (tertiary/aromatic N) is 3. The molecule has 0 bridgehead atoms. The van der Waals surface area contributed by atoms with Crippen molar-refractivity contribution in [2.24, 2.45) is 0 Å². The second kappa shape index (κ2) is 6.64. The number of amides is 1. The van der Waals surface area contributed by atoms with Crippen LogP contribution in [0.25, 0.3) is 0 Å².